The quantitative estimate of drug-likeness (QED) is 0.116. The number of benzene rings is 4. The van der Waals surface area contributed by atoms with E-state index in [1.807, 2.05) is 30.3 Å². The number of pyridine rings is 1. The number of fused-ring (bicyclic) bond motifs is 3. The first-order valence-corrected chi connectivity index (χ1v) is 19.5. The fourth-order valence-corrected chi connectivity index (χ4v) is 7.56. The van der Waals surface area contributed by atoms with E-state index < -0.39 is 16.3 Å². The molecule has 7 aromatic rings. The van der Waals surface area contributed by atoms with Crippen LogP contribution in [0.3, 0.4) is 0 Å². The number of urea groups is 1. The number of carbonyl (C=O) groups is 1. The molecule has 2 aliphatic heterocycles. The van der Waals surface area contributed by atoms with Crippen LogP contribution in [0.25, 0.3) is 44.2 Å². The van der Waals surface area contributed by atoms with Gasteiger partial charge in [-0.15, -0.1) is 0 Å². The van der Waals surface area contributed by atoms with Gasteiger partial charge in [-0.2, -0.15) is 0 Å². The van der Waals surface area contributed by atoms with Crippen molar-refractivity contribution in [3.63, 3.8) is 0 Å². The number of halogens is 1. The van der Waals surface area contributed by atoms with Gasteiger partial charge in [-0.25, -0.2) is 24.1 Å². The van der Waals surface area contributed by atoms with Gasteiger partial charge in [0.25, 0.3) is 11.2 Å². The number of piperazine rings is 2. The van der Waals surface area contributed by atoms with Crippen molar-refractivity contribution in [1.82, 2.24) is 34.7 Å². The molecule has 19 heteroatoms. The molecule has 2 fully saturated rings. The summed E-state index contributed by atoms with van der Waals surface area (Å²) in [4.78, 5) is 63.2. The molecule has 314 valence electrons. The summed E-state index contributed by atoms with van der Waals surface area (Å²) in [5.74, 6) is 1.81. The molecule has 61 heavy (non-hydrogen) atoms. The zero-order chi connectivity index (χ0) is 42.8. The molecule has 9 rings (SSSR count). The number of carbonyl (C=O) groups excluding carboxylic acids is 1. The SMILES string of the molecule is CN1CCN(c2ccc3nc(-c4c(N)c5c(F)cccc5[nH]c4=O)[nH]c3c2)CC1.COc1cc2ncnc(N3CCN(C(=O)Nc4ccc([N+](=O)[O-])cc4)CC3)c2cc1OC. The second kappa shape index (κ2) is 17.0. The molecule has 2 saturated heterocycles. The Hall–Kier alpha value is -7.54. The van der Waals surface area contributed by atoms with Gasteiger partial charge in [0.05, 0.1) is 52.3 Å². The van der Waals surface area contributed by atoms with Crippen LogP contribution in [0.4, 0.5) is 37.8 Å². The minimum Gasteiger partial charge on any atom is -0.493 e. The number of amides is 2. The van der Waals surface area contributed by atoms with Gasteiger partial charge in [-0.3, -0.25) is 14.9 Å². The highest BCUT2D eigenvalue weighted by Crippen LogP contribution is 2.35. The summed E-state index contributed by atoms with van der Waals surface area (Å²) in [5.41, 5.74) is 10.3. The van der Waals surface area contributed by atoms with E-state index in [4.69, 9.17) is 15.2 Å². The second-order valence-corrected chi connectivity index (χ2v) is 14.6. The molecular weight excluding hydrogens is 788 g/mol. The number of hydrogen-bond donors (Lipinski definition) is 4. The lowest BCUT2D eigenvalue weighted by atomic mass is 10.1. The fraction of sp³-hybridized carbons (Fsp3) is 0.262. The fourth-order valence-electron chi connectivity index (χ4n) is 7.56. The number of nitrogens with zero attached hydrogens (tertiary/aromatic N) is 8. The van der Waals surface area contributed by atoms with Gasteiger partial charge in [0.1, 0.15) is 29.4 Å². The van der Waals surface area contributed by atoms with E-state index in [1.165, 1.54) is 42.7 Å². The van der Waals surface area contributed by atoms with Crippen LogP contribution in [0, 0.1) is 15.9 Å². The van der Waals surface area contributed by atoms with E-state index in [1.54, 1.807) is 25.2 Å². The number of nitrogens with two attached hydrogens (primary N) is 1. The van der Waals surface area contributed by atoms with Crippen LogP contribution < -0.4 is 35.9 Å². The van der Waals surface area contributed by atoms with E-state index in [9.17, 15) is 24.1 Å². The largest absolute Gasteiger partial charge is 0.493 e. The number of likely N-dealkylation sites (N-methyl/N-ethyl adjacent to an activating group) is 1. The van der Waals surface area contributed by atoms with Crippen molar-refractivity contribution in [3.8, 4) is 22.9 Å². The topological polar surface area (TPSA) is 217 Å². The number of methoxy groups -OCH3 is 2. The smallest absolute Gasteiger partial charge is 0.321 e. The van der Waals surface area contributed by atoms with E-state index in [0.717, 1.165) is 59.6 Å². The molecule has 0 aliphatic carbocycles. The van der Waals surface area contributed by atoms with Crippen molar-refractivity contribution >= 4 is 67.4 Å². The van der Waals surface area contributed by atoms with Crippen LogP contribution in [-0.2, 0) is 0 Å². The summed E-state index contributed by atoms with van der Waals surface area (Å²) < 4.78 is 25.1. The van der Waals surface area contributed by atoms with Gasteiger partial charge in [0.2, 0.25) is 0 Å². The predicted molar refractivity (Wildman–Crippen MR) is 232 cm³/mol. The number of nitrogen functional groups attached to an aromatic ring is 1. The number of aromatic nitrogens is 5. The maximum absolute atomic E-state index is 14.3. The molecule has 0 radical (unpaired) electrons. The third kappa shape index (κ3) is 8.22. The zero-order valence-electron chi connectivity index (χ0n) is 33.6. The molecule has 0 unspecified atom stereocenters. The van der Waals surface area contributed by atoms with Crippen LogP contribution >= 0.6 is 0 Å². The molecule has 0 saturated carbocycles. The Morgan fingerprint density at radius 3 is 2.26 bits per heavy atom. The van der Waals surface area contributed by atoms with Crippen LogP contribution in [-0.4, -0.2) is 119 Å². The van der Waals surface area contributed by atoms with E-state index >= 15 is 0 Å². The number of nitro benzene ring substituents is 1. The van der Waals surface area contributed by atoms with Crippen LogP contribution in [0.15, 0.2) is 83.9 Å². The molecule has 4 aromatic carbocycles. The maximum atomic E-state index is 14.3. The lowest BCUT2D eigenvalue weighted by Crippen LogP contribution is -2.50. The summed E-state index contributed by atoms with van der Waals surface area (Å²) in [5, 5.41) is 14.6. The monoisotopic (exact) mass is 830 g/mol. The Balaban J connectivity index is 0.000000169. The molecule has 0 spiro atoms. The third-order valence-corrected chi connectivity index (χ3v) is 10.9. The Morgan fingerprint density at radius 2 is 1.56 bits per heavy atom. The van der Waals surface area contributed by atoms with Crippen LogP contribution in [0.1, 0.15) is 0 Å². The molecule has 0 bridgehead atoms. The van der Waals surface area contributed by atoms with E-state index in [0.29, 0.717) is 54.7 Å². The van der Waals surface area contributed by atoms with Crippen molar-refractivity contribution in [2.75, 3.05) is 94.5 Å². The predicted octanol–water partition coefficient (Wildman–Crippen LogP) is 5.45. The molecule has 5 N–H and O–H groups in total. The second-order valence-electron chi connectivity index (χ2n) is 14.6. The average molecular weight is 831 g/mol. The van der Waals surface area contributed by atoms with Crippen molar-refractivity contribution in [1.29, 1.82) is 0 Å². The third-order valence-electron chi connectivity index (χ3n) is 10.9. The molecule has 2 amide bonds. The first-order chi connectivity index (χ1) is 29.5. The van der Waals surface area contributed by atoms with Crippen molar-refractivity contribution in [3.05, 3.63) is 105 Å². The molecule has 18 nitrogen and oxygen atoms in total. The van der Waals surface area contributed by atoms with Crippen LogP contribution in [0.2, 0.25) is 0 Å². The van der Waals surface area contributed by atoms with Crippen molar-refractivity contribution < 1.29 is 23.6 Å². The van der Waals surface area contributed by atoms with Crippen molar-refractivity contribution in [2.45, 2.75) is 0 Å². The summed E-state index contributed by atoms with van der Waals surface area (Å²) >= 11 is 0. The Morgan fingerprint density at radius 1 is 0.852 bits per heavy atom. The summed E-state index contributed by atoms with van der Waals surface area (Å²) in [6, 6.07) is 19.6. The van der Waals surface area contributed by atoms with Gasteiger partial charge in [0, 0.05) is 87.3 Å². The number of aromatic amines is 2. The van der Waals surface area contributed by atoms with Gasteiger partial charge in [0.15, 0.2) is 11.5 Å². The lowest BCUT2D eigenvalue weighted by molar-refractivity contribution is -0.384. The number of imidazole rings is 1. The van der Waals surface area contributed by atoms with Gasteiger partial charge < -0.3 is 50.1 Å². The normalized spacial score (nSPS) is 14.5. The summed E-state index contributed by atoms with van der Waals surface area (Å²) in [7, 11) is 5.28. The number of hydrogen-bond acceptors (Lipinski definition) is 13. The van der Waals surface area contributed by atoms with Crippen molar-refractivity contribution in [2.24, 2.45) is 0 Å². The van der Waals surface area contributed by atoms with Gasteiger partial charge in [-0.05, 0) is 55.6 Å². The lowest BCUT2D eigenvalue weighted by Gasteiger charge is -2.35. The highest BCUT2D eigenvalue weighted by Gasteiger charge is 2.25. The number of H-pyrrole nitrogens is 2. The Kier molecular flexibility index (Phi) is 11.2. The van der Waals surface area contributed by atoms with E-state index in [-0.39, 0.29) is 28.4 Å². The van der Waals surface area contributed by atoms with Gasteiger partial charge >= 0.3 is 6.03 Å². The summed E-state index contributed by atoms with van der Waals surface area (Å²) in [6.07, 6.45) is 1.51. The zero-order valence-corrected chi connectivity index (χ0v) is 33.6. The molecule has 3 aromatic heterocycles. The minimum atomic E-state index is -0.481. The standard InChI is InChI=1S/C21H21FN6O.C21H22N6O5/c1-27-7-9-28(10-8-27)12-5-6-14-16(11-12)25-20(24-14)18-19(23)17-13(22)3-2-4-15(17)26-21(18)29;1-31-18-11-16-17(12-19(18)32-2)22-13-23-20(16)25-7-9-26(10-8-25)21(28)24-14-3-5-15(6-4-14)27(29)30/h2-6,11H,7-10H2,1H3,(H,24,25)(H3,23,26,29);3-6,11-13H,7-10H2,1-2H3,(H,24,28). The number of nitro groups is 1. The van der Waals surface area contributed by atoms with Crippen LogP contribution in [0.5, 0.6) is 11.5 Å². The highest BCUT2D eigenvalue weighted by atomic mass is 19.1. The maximum Gasteiger partial charge on any atom is 0.321 e. The first kappa shape index (κ1) is 40.2. The molecule has 5 heterocycles. The average Bonchev–Trinajstić information content (AvgIpc) is 3.69. The minimum absolute atomic E-state index is 0.0251. The highest BCUT2D eigenvalue weighted by molar-refractivity contribution is 5.98. The number of nitrogens with one attached hydrogen (secondary N) is 3. The number of rotatable bonds is 7. The van der Waals surface area contributed by atoms with Gasteiger partial charge in [-0.1, -0.05) is 6.07 Å². The number of ether oxygens (including phenoxy) is 2. The number of anilines is 4. The molecule has 0 atom stereocenters. The summed E-state index contributed by atoms with van der Waals surface area (Å²) in [6.45, 7) is 6.12. The molecule has 2 aliphatic rings. The Bertz CT molecular complexity index is 2820. The van der Waals surface area contributed by atoms with E-state index in [2.05, 4.69) is 52.0 Å². The number of non-ortho nitro benzene ring substituents is 1. The Labute approximate surface area is 347 Å². The molecular formula is C42H43FN12O6. The first-order valence-electron chi connectivity index (χ1n) is 19.5.